The summed E-state index contributed by atoms with van der Waals surface area (Å²) in [6.07, 6.45) is 2.28. The maximum absolute atomic E-state index is 15.1. The van der Waals surface area contributed by atoms with Crippen molar-refractivity contribution in [3.63, 3.8) is 0 Å². The van der Waals surface area contributed by atoms with Gasteiger partial charge in [-0.25, -0.2) is 18.2 Å². The summed E-state index contributed by atoms with van der Waals surface area (Å²) < 4.78 is 55.1. The third kappa shape index (κ3) is 10.9. The number of nitrogens with one attached hydrogen (secondary N) is 2. The van der Waals surface area contributed by atoms with Crippen LogP contribution < -0.4 is 24.8 Å². The van der Waals surface area contributed by atoms with Gasteiger partial charge in [0.25, 0.3) is 10.0 Å². The highest BCUT2D eigenvalue weighted by molar-refractivity contribution is 7.91. The van der Waals surface area contributed by atoms with E-state index < -0.39 is 46.1 Å². The molecule has 1 aliphatic carbocycles. The number of methoxy groups -OCH3 is 1. The molecule has 2 aliphatic heterocycles. The van der Waals surface area contributed by atoms with Crippen molar-refractivity contribution < 1.29 is 41.7 Å². The Bertz CT molecular complexity index is 3140. The predicted octanol–water partition coefficient (Wildman–Crippen LogP) is 9.57. The highest BCUT2D eigenvalue weighted by Gasteiger charge is 2.44. The summed E-state index contributed by atoms with van der Waals surface area (Å²) in [5.74, 6) is 0.137. The number of nitrogens with zero attached hydrogens (tertiary/aromatic N) is 3. The molecule has 0 saturated heterocycles. The summed E-state index contributed by atoms with van der Waals surface area (Å²) in [4.78, 5) is 45.3. The number of carbonyl (C=O) groups is 3. The second kappa shape index (κ2) is 21.1. The van der Waals surface area contributed by atoms with Gasteiger partial charge in [-0.2, -0.15) is 9.57 Å². The number of anilines is 1. The van der Waals surface area contributed by atoms with Crippen molar-refractivity contribution in [1.29, 1.82) is 5.26 Å². The second-order valence-corrected chi connectivity index (χ2v) is 21.8. The first-order valence-corrected chi connectivity index (χ1v) is 26.0. The molecule has 14 nitrogen and oxygen atoms in total. The van der Waals surface area contributed by atoms with Gasteiger partial charge in [0.2, 0.25) is 5.91 Å². The smallest absolute Gasteiger partial charge is 0.328 e. The van der Waals surface area contributed by atoms with Crippen molar-refractivity contribution in [3.8, 4) is 34.4 Å². The number of hydrogen-bond acceptors (Lipinski definition) is 13. The lowest BCUT2D eigenvalue weighted by Crippen LogP contribution is -2.56. The van der Waals surface area contributed by atoms with Crippen LogP contribution in [0.15, 0.2) is 107 Å². The zero-order chi connectivity index (χ0) is 50.0. The van der Waals surface area contributed by atoms with Crippen LogP contribution in [-0.2, 0) is 55.1 Å². The number of ketones is 1. The van der Waals surface area contributed by atoms with Crippen LogP contribution >= 0.6 is 34.5 Å². The molecule has 1 aromatic heterocycles. The Kier molecular flexibility index (Phi) is 14.7. The van der Waals surface area contributed by atoms with Crippen molar-refractivity contribution in [3.05, 3.63) is 152 Å². The molecule has 3 aliphatic rings. The number of aromatic nitrogens is 1. The quantitative estimate of drug-likeness (QED) is 0.0876. The first kappa shape index (κ1) is 49.5. The number of Topliss-reactive ketones (excluding diaryl/α,β-unsaturated/α-hetero) is 1. The van der Waals surface area contributed by atoms with E-state index in [2.05, 4.69) is 21.7 Å². The topological polar surface area (TPSA) is 186 Å². The summed E-state index contributed by atoms with van der Waals surface area (Å²) in [5, 5.41) is 16.5. The normalized spacial score (nSPS) is 17.4. The summed E-state index contributed by atoms with van der Waals surface area (Å²) in [7, 11) is -3.24. The van der Waals surface area contributed by atoms with E-state index in [0.717, 1.165) is 57.2 Å². The van der Waals surface area contributed by atoms with Crippen LogP contribution in [0.25, 0.3) is 11.1 Å². The van der Waals surface area contributed by atoms with E-state index in [1.807, 2.05) is 66.7 Å². The average molecular weight is 1040 g/mol. The molecule has 6 aromatic rings. The van der Waals surface area contributed by atoms with Gasteiger partial charge in [-0.15, -0.1) is 0 Å². The Labute approximate surface area is 425 Å². The monoisotopic (exact) mass is 1030 g/mol. The second-order valence-electron chi connectivity index (χ2n) is 17.9. The molecule has 0 radical (unpaired) electrons. The molecule has 5 aromatic carbocycles. The SMILES string of the molecule is COC(=O)[C@H](Cc1ccc(-c2ccc(C#N)cc2)cc1)NC(=O)[C@@H]1Cc2cc3c(cc2CN1S(=O)(=O)c1sc(NC(C(C)=O)C2CCC2)nc1C)OC(c1ccc(OCc2ccc(Cl)c(Cl)c2)cc1)CO3. The lowest BCUT2D eigenvalue weighted by Gasteiger charge is -2.36. The number of aryl methyl sites for hydroxylation is 1. The minimum Gasteiger partial charge on any atom is -0.489 e. The molecule has 1 saturated carbocycles. The van der Waals surface area contributed by atoms with E-state index in [4.69, 9.17) is 42.1 Å². The van der Waals surface area contributed by atoms with Gasteiger partial charge in [0.05, 0.1) is 40.5 Å². The Morgan fingerprint density at radius 2 is 1.61 bits per heavy atom. The number of thiazole rings is 1. The maximum atomic E-state index is 15.1. The van der Waals surface area contributed by atoms with Gasteiger partial charge in [0.1, 0.15) is 31.0 Å². The van der Waals surface area contributed by atoms with Gasteiger partial charge in [-0.05, 0) is 127 Å². The van der Waals surface area contributed by atoms with E-state index in [-0.39, 0.29) is 54.2 Å². The number of benzene rings is 5. The number of hydrogen-bond donors (Lipinski definition) is 2. The number of amides is 1. The maximum Gasteiger partial charge on any atom is 0.328 e. The highest BCUT2D eigenvalue weighted by Crippen LogP contribution is 2.43. The van der Waals surface area contributed by atoms with Crippen LogP contribution in [0.5, 0.6) is 17.2 Å². The summed E-state index contributed by atoms with van der Waals surface area (Å²) >= 11 is 13.2. The third-order valence-electron chi connectivity index (χ3n) is 13.1. The molecule has 1 amide bonds. The number of ether oxygens (including phenoxy) is 4. The first-order chi connectivity index (χ1) is 34.2. The summed E-state index contributed by atoms with van der Waals surface area (Å²) in [5.41, 5.74) is 6.22. The molecular formula is C53H49Cl2N5O9S2. The van der Waals surface area contributed by atoms with E-state index in [1.54, 1.807) is 43.3 Å². The lowest BCUT2D eigenvalue weighted by atomic mass is 9.78. The number of halogens is 2. The Balaban J connectivity index is 0.973. The Morgan fingerprint density at radius 3 is 2.25 bits per heavy atom. The zero-order valence-electron chi connectivity index (χ0n) is 38.9. The molecule has 4 atom stereocenters. The summed E-state index contributed by atoms with van der Waals surface area (Å²) in [6.45, 7) is 3.35. The number of carbonyl (C=O) groups excluding carboxylic acids is 3. The number of esters is 1. The van der Waals surface area contributed by atoms with E-state index >= 15 is 8.42 Å². The van der Waals surface area contributed by atoms with Gasteiger partial charge in [-0.3, -0.25) is 9.59 Å². The lowest BCUT2D eigenvalue weighted by molar-refractivity contribution is -0.145. The van der Waals surface area contributed by atoms with Gasteiger partial charge in [0.15, 0.2) is 32.7 Å². The minimum atomic E-state index is -4.47. The number of sulfonamides is 1. The Morgan fingerprint density at radius 1 is 0.915 bits per heavy atom. The van der Waals surface area contributed by atoms with Crippen molar-refractivity contribution in [2.24, 2.45) is 5.92 Å². The zero-order valence-corrected chi connectivity index (χ0v) is 42.1. The number of fused-ring (bicyclic) bond motifs is 2. The molecule has 2 unspecified atom stereocenters. The van der Waals surface area contributed by atoms with Crippen LogP contribution in [0.2, 0.25) is 10.0 Å². The van der Waals surface area contributed by atoms with Crippen LogP contribution in [0.1, 0.15) is 71.4 Å². The highest BCUT2D eigenvalue weighted by atomic mass is 35.5. The van der Waals surface area contributed by atoms with Crippen LogP contribution in [0.4, 0.5) is 5.13 Å². The van der Waals surface area contributed by atoms with Crippen molar-refractivity contribution in [2.45, 2.75) is 87.5 Å². The molecule has 366 valence electrons. The predicted molar refractivity (Wildman–Crippen MR) is 269 cm³/mol. The van der Waals surface area contributed by atoms with E-state index in [9.17, 15) is 19.6 Å². The molecular weight excluding hydrogens is 986 g/mol. The fourth-order valence-electron chi connectivity index (χ4n) is 9.00. The van der Waals surface area contributed by atoms with Crippen molar-refractivity contribution in [2.75, 3.05) is 19.0 Å². The van der Waals surface area contributed by atoms with Crippen molar-refractivity contribution >= 4 is 67.4 Å². The number of nitriles is 1. The number of rotatable bonds is 16. The molecule has 71 heavy (non-hydrogen) atoms. The standard InChI is InChI=1S/C53H49Cl2N5O9S2/c1-30-52(70-53(57-30)59-49(31(2)61)38-5-4-6-38)71(64,65)60-27-40-25-47-46(68-29-48(69-47)37-16-18-41(19-17-37)67-28-34-11-20-42(54)43(55)21-34)24-39(40)23-45(60)50(62)58-44(51(63)66-3)22-32-7-12-35(13-8-32)36-14-9-33(26-56)10-15-36/h7-21,24-25,38,44-45,48-49H,4-6,22-23,27-29H2,1-3H3,(H,57,59)(H,58,62)/t44-,45-,48?,49?/m0/s1. The van der Waals surface area contributed by atoms with Gasteiger partial charge >= 0.3 is 5.97 Å². The van der Waals surface area contributed by atoms with Gasteiger partial charge in [-0.1, -0.05) is 95.6 Å². The average Bonchev–Trinajstić information content (AvgIpc) is 3.74. The van der Waals surface area contributed by atoms with Crippen molar-refractivity contribution in [1.82, 2.24) is 14.6 Å². The van der Waals surface area contributed by atoms with E-state index in [0.29, 0.717) is 54.7 Å². The van der Waals surface area contributed by atoms with Gasteiger partial charge < -0.3 is 29.6 Å². The molecule has 0 bridgehead atoms. The summed E-state index contributed by atoms with van der Waals surface area (Å²) in [6, 6.07) is 30.0. The fourth-order valence-corrected chi connectivity index (χ4v) is 12.4. The molecule has 2 N–H and O–H groups in total. The molecule has 9 rings (SSSR count). The molecule has 18 heteroatoms. The van der Waals surface area contributed by atoms with E-state index in [1.165, 1.54) is 14.0 Å². The van der Waals surface area contributed by atoms with Crippen LogP contribution in [0, 0.1) is 24.2 Å². The molecule has 0 spiro atoms. The van der Waals surface area contributed by atoms with Crippen LogP contribution in [-0.4, -0.2) is 67.2 Å². The third-order valence-corrected chi connectivity index (χ3v) is 17.4. The Hall–Kier alpha value is -6.48. The largest absolute Gasteiger partial charge is 0.489 e. The fraction of sp³-hybridized carbons (Fsp3) is 0.302. The van der Waals surface area contributed by atoms with Gasteiger partial charge in [0, 0.05) is 13.0 Å². The molecule has 1 fully saturated rings. The molecule has 3 heterocycles. The first-order valence-electron chi connectivity index (χ1n) is 23.0. The van der Waals surface area contributed by atoms with Crippen LogP contribution in [0.3, 0.4) is 0 Å². The minimum absolute atomic E-state index is 0.0533.